The van der Waals surface area contributed by atoms with Crippen LogP contribution in [0.15, 0.2) is 55.0 Å². The monoisotopic (exact) mass is 265 g/mol. The molecule has 0 aliphatic heterocycles. The maximum absolute atomic E-state index is 4.29. The first-order valence-electron chi connectivity index (χ1n) is 6.41. The Morgan fingerprint density at radius 2 is 2.10 bits per heavy atom. The van der Waals surface area contributed by atoms with Gasteiger partial charge in [0.15, 0.2) is 5.82 Å². The number of nitrogens with one attached hydrogen (secondary N) is 1. The molecule has 2 aromatic heterocycles. The fraction of sp³-hybridized carbons (Fsp3) is 0.133. The van der Waals surface area contributed by atoms with E-state index in [4.69, 9.17) is 0 Å². The summed E-state index contributed by atoms with van der Waals surface area (Å²) in [7, 11) is 1.93. The van der Waals surface area contributed by atoms with Gasteiger partial charge >= 0.3 is 0 Å². The van der Waals surface area contributed by atoms with Gasteiger partial charge in [0.25, 0.3) is 0 Å². The molecule has 100 valence electrons. The molecular weight excluding hydrogens is 250 g/mol. The average Bonchev–Trinajstić information content (AvgIpc) is 2.93. The van der Waals surface area contributed by atoms with Crippen molar-refractivity contribution in [2.45, 2.75) is 6.54 Å². The van der Waals surface area contributed by atoms with Crippen molar-refractivity contribution in [3.8, 4) is 11.4 Å². The molecule has 3 rings (SSSR count). The summed E-state index contributed by atoms with van der Waals surface area (Å²) in [5.74, 6) is 0.853. The zero-order valence-electron chi connectivity index (χ0n) is 11.2. The number of pyridine rings is 1. The quantitative estimate of drug-likeness (QED) is 0.787. The van der Waals surface area contributed by atoms with Gasteiger partial charge in [-0.25, -0.2) is 0 Å². The summed E-state index contributed by atoms with van der Waals surface area (Å²) in [6.07, 6.45) is 3.50. The fourth-order valence-corrected chi connectivity index (χ4v) is 2.01. The number of aromatic nitrogens is 4. The van der Waals surface area contributed by atoms with Crippen molar-refractivity contribution in [3.05, 3.63) is 60.7 Å². The molecule has 2 heterocycles. The minimum atomic E-state index is 0.698. The van der Waals surface area contributed by atoms with E-state index in [2.05, 4.69) is 26.6 Å². The summed E-state index contributed by atoms with van der Waals surface area (Å²) >= 11 is 0. The van der Waals surface area contributed by atoms with Gasteiger partial charge < -0.3 is 9.88 Å². The van der Waals surface area contributed by atoms with Crippen LogP contribution in [0.4, 0.5) is 5.69 Å². The molecule has 0 fully saturated rings. The second-order valence-corrected chi connectivity index (χ2v) is 4.52. The third kappa shape index (κ3) is 2.66. The van der Waals surface area contributed by atoms with E-state index >= 15 is 0 Å². The minimum absolute atomic E-state index is 0.698. The van der Waals surface area contributed by atoms with Crippen molar-refractivity contribution < 1.29 is 0 Å². The molecule has 0 spiro atoms. The lowest BCUT2D eigenvalue weighted by molar-refractivity contribution is 0.919. The van der Waals surface area contributed by atoms with Gasteiger partial charge in [-0.1, -0.05) is 18.2 Å². The van der Waals surface area contributed by atoms with E-state index in [-0.39, 0.29) is 0 Å². The van der Waals surface area contributed by atoms with Crippen LogP contribution in [-0.4, -0.2) is 19.7 Å². The molecule has 5 nitrogen and oxygen atoms in total. The Morgan fingerprint density at radius 3 is 2.85 bits per heavy atom. The number of nitrogens with zero attached hydrogens (tertiary/aromatic N) is 4. The SMILES string of the molecule is Cn1cnnc1-c1cccc(NCc2ccccn2)c1. The number of aryl methyl sites for hydroxylation is 1. The molecule has 0 aliphatic carbocycles. The summed E-state index contributed by atoms with van der Waals surface area (Å²) in [4.78, 5) is 4.29. The Labute approximate surface area is 117 Å². The zero-order valence-corrected chi connectivity index (χ0v) is 11.2. The van der Waals surface area contributed by atoms with E-state index in [1.807, 2.05) is 48.0 Å². The highest BCUT2D eigenvalue weighted by molar-refractivity contribution is 5.62. The van der Waals surface area contributed by atoms with Crippen LogP contribution in [-0.2, 0) is 13.6 Å². The molecule has 0 radical (unpaired) electrons. The van der Waals surface area contributed by atoms with E-state index < -0.39 is 0 Å². The number of hydrogen-bond acceptors (Lipinski definition) is 4. The first-order valence-corrected chi connectivity index (χ1v) is 6.41. The predicted molar refractivity (Wildman–Crippen MR) is 78.0 cm³/mol. The van der Waals surface area contributed by atoms with Crippen LogP contribution >= 0.6 is 0 Å². The molecule has 0 saturated carbocycles. The highest BCUT2D eigenvalue weighted by Gasteiger charge is 2.05. The summed E-state index contributed by atoms with van der Waals surface area (Å²) in [6.45, 7) is 0.698. The Balaban J connectivity index is 1.77. The molecule has 0 atom stereocenters. The van der Waals surface area contributed by atoms with E-state index in [1.165, 1.54) is 0 Å². The van der Waals surface area contributed by atoms with Crippen LogP contribution in [0.2, 0.25) is 0 Å². The van der Waals surface area contributed by atoms with Gasteiger partial charge in [-0.15, -0.1) is 10.2 Å². The highest BCUT2D eigenvalue weighted by atomic mass is 15.2. The molecule has 0 saturated heterocycles. The smallest absolute Gasteiger partial charge is 0.163 e. The van der Waals surface area contributed by atoms with Crippen molar-refractivity contribution in [1.29, 1.82) is 0 Å². The number of rotatable bonds is 4. The summed E-state index contributed by atoms with van der Waals surface area (Å²) < 4.78 is 1.90. The van der Waals surface area contributed by atoms with E-state index in [9.17, 15) is 0 Å². The number of benzene rings is 1. The third-order valence-corrected chi connectivity index (χ3v) is 3.03. The van der Waals surface area contributed by atoms with Crippen LogP contribution in [0, 0.1) is 0 Å². The molecule has 0 amide bonds. The second kappa shape index (κ2) is 5.52. The molecular formula is C15H15N5. The minimum Gasteiger partial charge on any atom is -0.379 e. The van der Waals surface area contributed by atoms with Crippen LogP contribution in [0.25, 0.3) is 11.4 Å². The Kier molecular flexibility index (Phi) is 3.41. The summed E-state index contributed by atoms with van der Waals surface area (Å²) in [5.41, 5.74) is 3.09. The standard InChI is InChI=1S/C15H15N5/c1-20-11-18-19-15(20)12-5-4-7-13(9-12)17-10-14-6-2-3-8-16-14/h2-9,11,17H,10H2,1H3. The van der Waals surface area contributed by atoms with Crippen LogP contribution in [0.1, 0.15) is 5.69 Å². The summed E-state index contributed by atoms with van der Waals surface area (Å²) in [6, 6.07) is 14.0. The lowest BCUT2D eigenvalue weighted by Crippen LogP contribution is -2.01. The first kappa shape index (κ1) is 12.3. The average molecular weight is 265 g/mol. The topological polar surface area (TPSA) is 55.6 Å². The third-order valence-electron chi connectivity index (χ3n) is 3.03. The van der Waals surface area contributed by atoms with Crippen molar-refractivity contribution in [2.75, 3.05) is 5.32 Å². The van der Waals surface area contributed by atoms with Gasteiger partial charge in [-0.2, -0.15) is 0 Å². The van der Waals surface area contributed by atoms with Gasteiger partial charge in [0.2, 0.25) is 0 Å². The van der Waals surface area contributed by atoms with Crippen molar-refractivity contribution in [3.63, 3.8) is 0 Å². The lowest BCUT2D eigenvalue weighted by atomic mass is 10.2. The fourth-order valence-electron chi connectivity index (χ4n) is 2.01. The van der Waals surface area contributed by atoms with Crippen LogP contribution in [0.5, 0.6) is 0 Å². The van der Waals surface area contributed by atoms with Crippen molar-refractivity contribution in [2.24, 2.45) is 7.05 Å². The Morgan fingerprint density at radius 1 is 1.15 bits per heavy atom. The van der Waals surface area contributed by atoms with E-state index in [0.29, 0.717) is 6.54 Å². The first-order chi connectivity index (χ1) is 9.83. The molecule has 5 heteroatoms. The van der Waals surface area contributed by atoms with Gasteiger partial charge in [0.1, 0.15) is 6.33 Å². The molecule has 1 N–H and O–H groups in total. The van der Waals surface area contributed by atoms with Crippen LogP contribution < -0.4 is 5.32 Å². The van der Waals surface area contributed by atoms with Crippen molar-refractivity contribution in [1.82, 2.24) is 19.7 Å². The lowest BCUT2D eigenvalue weighted by Gasteiger charge is -2.07. The molecule has 1 aromatic carbocycles. The zero-order chi connectivity index (χ0) is 13.8. The normalized spacial score (nSPS) is 10.4. The van der Waals surface area contributed by atoms with Crippen molar-refractivity contribution >= 4 is 5.69 Å². The maximum Gasteiger partial charge on any atom is 0.163 e. The Hall–Kier alpha value is -2.69. The van der Waals surface area contributed by atoms with Gasteiger partial charge in [-0.05, 0) is 24.3 Å². The molecule has 0 bridgehead atoms. The van der Waals surface area contributed by atoms with Crippen LogP contribution in [0.3, 0.4) is 0 Å². The molecule has 3 aromatic rings. The Bertz CT molecular complexity index is 690. The van der Waals surface area contributed by atoms with E-state index in [1.54, 1.807) is 12.5 Å². The molecule has 0 unspecified atom stereocenters. The number of hydrogen-bond donors (Lipinski definition) is 1. The van der Waals surface area contributed by atoms with Gasteiger partial charge in [-0.3, -0.25) is 4.98 Å². The number of anilines is 1. The molecule has 20 heavy (non-hydrogen) atoms. The molecule has 0 aliphatic rings. The predicted octanol–water partition coefficient (Wildman–Crippen LogP) is 2.49. The second-order valence-electron chi connectivity index (χ2n) is 4.52. The van der Waals surface area contributed by atoms with Gasteiger partial charge in [0, 0.05) is 24.5 Å². The highest BCUT2D eigenvalue weighted by Crippen LogP contribution is 2.20. The maximum atomic E-state index is 4.29. The van der Waals surface area contributed by atoms with E-state index in [0.717, 1.165) is 22.8 Å². The van der Waals surface area contributed by atoms with Gasteiger partial charge in [0.05, 0.1) is 12.2 Å². The summed E-state index contributed by atoms with van der Waals surface area (Å²) in [5, 5.41) is 11.4. The largest absolute Gasteiger partial charge is 0.379 e.